The van der Waals surface area contributed by atoms with E-state index in [1.807, 2.05) is 0 Å². The summed E-state index contributed by atoms with van der Waals surface area (Å²) in [4.78, 5) is 7.70. The molecule has 5 nitrogen and oxygen atoms in total. The lowest BCUT2D eigenvalue weighted by molar-refractivity contribution is 0.00611. The zero-order valence-corrected chi connectivity index (χ0v) is 17.9. The number of hydrogen-bond acceptors (Lipinski definition) is 5. The van der Waals surface area contributed by atoms with E-state index in [1.165, 1.54) is 42.3 Å². The van der Waals surface area contributed by atoms with Gasteiger partial charge in [0.05, 0.1) is 7.11 Å². The van der Waals surface area contributed by atoms with Gasteiger partial charge in [-0.1, -0.05) is 30.3 Å². The standard InChI is InChI=1S/C24H35N3O2/c1-25-12-9-20(10-13-25)27-15-14-26(18-21(27)11-16-28)17-19-7-8-24(29-2)23-6-4-3-5-22(19)23/h3-8,20-21,28H,9-18H2,1-2H3/t21-/m1/s1. The van der Waals surface area contributed by atoms with Gasteiger partial charge in [0.2, 0.25) is 0 Å². The molecule has 1 N–H and O–H groups in total. The van der Waals surface area contributed by atoms with Gasteiger partial charge in [0.25, 0.3) is 0 Å². The summed E-state index contributed by atoms with van der Waals surface area (Å²) in [6.45, 7) is 6.83. The second-order valence-electron chi connectivity index (χ2n) is 8.65. The molecule has 1 atom stereocenters. The smallest absolute Gasteiger partial charge is 0.126 e. The van der Waals surface area contributed by atoms with Gasteiger partial charge in [0, 0.05) is 50.3 Å². The number of likely N-dealkylation sites (tertiary alicyclic amines) is 1. The van der Waals surface area contributed by atoms with Crippen molar-refractivity contribution in [2.45, 2.75) is 37.9 Å². The first-order chi connectivity index (χ1) is 14.2. The molecule has 0 bridgehead atoms. The molecule has 0 unspecified atom stereocenters. The van der Waals surface area contributed by atoms with E-state index in [-0.39, 0.29) is 6.61 Å². The largest absolute Gasteiger partial charge is 0.496 e. The fourth-order valence-corrected chi connectivity index (χ4v) is 5.18. The fraction of sp³-hybridized carbons (Fsp3) is 0.583. The van der Waals surface area contributed by atoms with Crippen molar-refractivity contribution in [3.05, 3.63) is 42.0 Å². The monoisotopic (exact) mass is 397 g/mol. The molecule has 0 amide bonds. The summed E-state index contributed by atoms with van der Waals surface area (Å²) in [5.41, 5.74) is 1.36. The van der Waals surface area contributed by atoms with Crippen LogP contribution in [-0.4, -0.2) is 85.4 Å². The molecule has 4 rings (SSSR count). The van der Waals surface area contributed by atoms with Crippen molar-refractivity contribution in [1.82, 2.24) is 14.7 Å². The molecule has 0 aromatic heterocycles. The van der Waals surface area contributed by atoms with Gasteiger partial charge < -0.3 is 14.7 Å². The second-order valence-corrected chi connectivity index (χ2v) is 8.65. The van der Waals surface area contributed by atoms with Gasteiger partial charge in [-0.05, 0) is 56.4 Å². The SMILES string of the molecule is COc1ccc(CN2CCN(C3CCN(C)CC3)[C@H](CCO)C2)c2ccccc12. The first-order valence-corrected chi connectivity index (χ1v) is 11.0. The molecule has 5 heteroatoms. The number of aliphatic hydroxyl groups excluding tert-OH is 1. The Bertz CT molecular complexity index is 804. The van der Waals surface area contributed by atoms with Crippen LogP contribution in [0.5, 0.6) is 5.75 Å². The maximum Gasteiger partial charge on any atom is 0.126 e. The minimum atomic E-state index is 0.271. The molecular formula is C24H35N3O2. The summed E-state index contributed by atoms with van der Waals surface area (Å²) in [5.74, 6) is 0.939. The Morgan fingerprint density at radius 2 is 1.76 bits per heavy atom. The third-order valence-corrected chi connectivity index (χ3v) is 6.82. The summed E-state index contributed by atoms with van der Waals surface area (Å²) in [7, 11) is 3.96. The van der Waals surface area contributed by atoms with Crippen LogP contribution < -0.4 is 4.74 Å². The van der Waals surface area contributed by atoms with E-state index in [2.05, 4.69) is 58.1 Å². The van der Waals surface area contributed by atoms with Crippen LogP contribution in [0.3, 0.4) is 0 Å². The molecule has 2 heterocycles. The van der Waals surface area contributed by atoms with E-state index >= 15 is 0 Å². The number of fused-ring (bicyclic) bond motifs is 1. The second kappa shape index (κ2) is 9.43. The summed E-state index contributed by atoms with van der Waals surface area (Å²) in [6.07, 6.45) is 3.37. The number of benzene rings is 2. The van der Waals surface area contributed by atoms with Crippen LogP contribution in [0.4, 0.5) is 0 Å². The van der Waals surface area contributed by atoms with Gasteiger partial charge in [0.15, 0.2) is 0 Å². The highest BCUT2D eigenvalue weighted by atomic mass is 16.5. The van der Waals surface area contributed by atoms with Crippen LogP contribution in [0.25, 0.3) is 10.8 Å². The Morgan fingerprint density at radius 3 is 2.48 bits per heavy atom. The summed E-state index contributed by atoms with van der Waals surface area (Å²) >= 11 is 0. The van der Waals surface area contributed by atoms with Crippen LogP contribution in [-0.2, 0) is 6.54 Å². The first kappa shape index (κ1) is 20.6. The van der Waals surface area contributed by atoms with E-state index < -0.39 is 0 Å². The predicted octanol–water partition coefficient (Wildman–Crippen LogP) is 2.81. The van der Waals surface area contributed by atoms with Crippen LogP contribution in [0.2, 0.25) is 0 Å². The van der Waals surface area contributed by atoms with Crippen molar-refractivity contribution < 1.29 is 9.84 Å². The van der Waals surface area contributed by atoms with Crippen LogP contribution in [0.1, 0.15) is 24.8 Å². The highest BCUT2D eigenvalue weighted by Crippen LogP contribution is 2.30. The fourth-order valence-electron chi connectivity index (χ4n) is 5.18. The molecule has 158 valence electrons. The average molecular weight is 398 g/mol. The highest BCUT2D eigenvalue weighted by Gasteiger charge is 2.33. The molecule has 29 heavy (non-hydrogen) atoms. The lowest BCUT2D eigenvalue weighted by Crippen LogP contribution is -2.58. The Kier molecular flexibility index (Phi) is 6.70. The maximum atomic E-state index is 9.68. The zero-order valence-electron chi connectivity index (χ0n) is 17.9. The van der Waals surface area contributed by atoms with Crippen molar-refractivity contribution in [1.29, 1.82) is 0 Å². The third-order valence-electron chi connectivity index (χ3n) is 6.82. The van der Waals surface area contributed by atoms with Crippen LogP contribution in [0, 0.1) is 0 Å². The van der Waals surface area contributed by atoms with Crippen molar-refractivity contribution in [2.24, 2.45) is 0 Å². The van der Waals surface area contributed by atoms with Crippen molar-refractivity contribution >= 4 is 10.8 Å². The number of rotatable bonds is 6. The minimum absolute atomic E-state index is 0.271. The Balaban J connectivity index is 1.48. The third kappa shape index (κ3) is 4.58. The zero-order chi connectivity index (χ0) is 20.2. The number of hydrogen-bond donors (Lipinski definition) is 1. The lowest BCUT2D eigenvalue weighted by Gasteiger charge is -2.47. The number of piperazine rings is 1. The summed E-state index contributed by atoms with van der Waals surface area (Å²) in [6, 6.07) is 14.0. The molecule has 0 saturated carbocycles. The van der Waals surface area contributed by atoms with Crippen LogP contribution >= 0.6 is 0 Å². The van der Waals surface area contributed by atoms with Gasteiger partial charge in [-0.3, -0.25) is 9.80 Å². The normalized spacial score (nSPS) is 22.9. The molecule has 2 aliphatic rings. The Hall–Kier alpha value is -1.66. The average Bonchev–Trinajstić information content (AvgIpc) is 2.75. The number of aliphatic hydroxyl groups is 1. The molecule has 2 aromatic carbocycles. The maximum absolute atomic E-state index is 9.68. The molecule has 0 spiro atoms. The topological polar surface area (TPSA) is 39.2 Å². The molecule has 2 fully saturated rings. The quantitative estimate of drug-likeness (QED) is 0.812. The number of piperidine rings is 1. The summed E-state index contributed by atoms with van der Waals surface area (Å²) in [5, 5.41) is 12.1. The van der Waals surface area contributed by atoms with Crippen molar-refractivity contribution in [3.63, 3.8) is 0 Å². The van der Waals surface area contributed by atoms with E-state index in [4.69, 9.17) is 4.74 Å². The molecule has 0 aliphatic carbocycles. The number of ether oxygens (including phenoxy) is 1. The van der Waals surface area contributed by atoms with Gasteiger partial charge >= 0.3 is 0 Å². The van der Waals surface area contributed by atoms with Crippen molar-refractivity contribution in [2.75, 3.05) is 53.5 Å². The van der Waals surface area contributed by atoms with Gasteiger partial charge in [0.1, 0.15) is 5.75 Å². The highest BCUT2D eigenvalue weighted by molar-refractivity contribution is 5.91. The molecule has 2 saturated heterocycles. The molecule has 2 aromatic rings. The van der Waals surface area contributed by atoms with Gasteiger partial charge in [-0.15, -0.1) is 0 Å². The first-order valence-electron chi connectivity index (χ1n) is 11.0. The van der Waals surface area contributed by atoms with E-state index in [9.17, 15) is 5.11 Å². The lowest BCUT2D eigenvalue weighted by atomic mass is 9.97. The molecular weight excluding hydrogens is 362 g/mol. The number of nitrogens with zero attached hydrogens (tertiary/aromatic N) is 3. The van der Waals surface area contributed by atoms with Crippen molar-refractivity contribution in [3.8, 4) is 5.75 Å². The molecule has 0 radical (unpaired) electrons. The van der Waals surface area contributed by atoms with E-state index in [1.54, 1.807) is 7.11 Å². The minimum Gasteiger partial charge on any atom is -0.496 e. The number of methoxy groups -OCH3 is 1. The Morgan fingerprint density at radius 1 is 1.00 bits per heavy atom. The van der Waals surface area contributed by atoms with Gasteiger partial charge in [-0.2, -0.15) is 0 Å². The molecule has 2 aliphatic heterocycles. The van der Waals surface area contributed by atoms with E-state index in [0.29, 0.717) is 12.1 Å². The Labute approximate surface area is 174 Å². The van der Waals surface area contributed by atoms with Crippen LogP contribution in [0.15, 0.2) is 36.4 Å². The van der Waals surface area contributed by atoms with E-state index in [0.717, 1.165) is 38.3 Å². The summed E-state index contributed by atoms with van der Waals surface area (Å²) < 4.78 is 5.56. The predicted molar refractivity (Wildman–Crippen MR) is 118 cm³/mol. The van der Waals surface area contributed by atoms with Gasteiger partial charge in [-0.25, -0.2) is 0 Å².